The molecule has 0 fully saturated rings. The van der Waals surface area contributed by atoms with Gasteiger partial charge in [0.05, 0.1) is 20.4 Å². The van der Waals surface area contributed by atoms with E-state index in [0.29, 0.717) is 0 Å². The summed E-state index contributed by atoms with van der Waals surface area (Å²) in [4.78, 5) is 9.86. The smallest absolute Gasteiger partial charge is 0.323 e. The summed E-state index contributed by atoms with van der Waals surface area (Å²) in [5.74, 6) is 0. The van der Waals surface area contributed by atoms with Gasteiger partial charge in [0.25, 0.3) is 5.69 Å². The van der Waals surface area contributed by atoms with Gasteiger partial charge in [0, 0.05) is 31.3 Å². The molecule has 0 unspecified atom stereocenters. The molecule has 2 aromatic rings. The van der Waals surface area contributed by atoms with Crippen LogP contribution in [0.4, 0.5) is 18.9 Å². The molecule has 0 spiro atoms. The molecule has 0 saturated carbocycles. The van der Waals surface area contributed by atoms with Crippen molar-refractivity contribution in [2.24, 2.45) is 5.73 Å². The first kappa shape index (κ1) is 26.1. The second-order valence-corrected chi connectivity index (χ2v) is 8.40. The highest BCUT2D eigenvalue weighted by atomic mass is 35.5. The molecular formula is C17H18Cl2F3N3O4S. The molecule has 2 aromatic carbocycles. The lowest BCUT2D eigenvalue weighted by atomic mass is 10.0. The van der Waals surface area contributed by atoms with Crippen molar-refractivity contribution in [3.63, 3.8) is 0 Å². The fraction of sp³-hybridized carbons (Fsp3) is 0.294. The average molecular weight is 488 g/mol. The zero-order valence-corrected chi connectivity index (χ0v) is 17.9. The number of nitro benzene ring substituents is 1. The maximum atomic E-state index is 13.0. The van der Waals surface area contributed by atoms with E-state index in [0.717, 1.165) is 40.7 Å². The number of nitro groups is 1. The molecule has 0 amide bonds. The van der Waals surface area contributed by atoms with E-state index in [1.807, 2.05) is 0 Å². The number of nitrogens with two attached hydrogens (primary N) is 1. The Kier molecular flexibility index (Phi) is 8.64. The minimum absolute atomic E-state index is 0. The zero-order chi connectivity index (χ0) is 22.0. The lowest BCUT2D eigenvalue weighted by Crippen LogP contribution is -2.37. The fourth-order valence-corrected chi connectivity index (χ4v) is 4.30. The van der Waals surface area contributed by atoms with Crippen molar-refractivity contribution in [2.45, 2.75) is 24.0 Å². The van der Waals surface area contributed by atoms with Gasteiger partial charge in [-0.2, -0.15) is 17.5 Å². The van der Waals surface area contributed by atoms with Crippen molar-refractivity contribution in [3.8, 4) is 0 Å². The number of benzene rings is 2. The van der Waals surface area contributed by atoms with Crippen LogP contribution in [-0.2, 0) is 16.2 Å². The van der Waals surface area contributed by atoms with Crippen LogP contribution in [0, 0.1) is 10.1 Å². The number of rotatable bonds is 7. The van der Waals surface area contributed by atoms with Crippen LogP contribution < -0.4 is 5.73 Å². The van der Waals surface area contributed by atoms with Gasteiger partial charge in [0.1, 0.15) is 0 Å². The van der Waals surface area contributed by atoms with Gasteiger partial charge in [-0.05, 0) is 29.8 Å². The number of sulfonamides is 1. The van der Waals surface area contributed by atoms with E-state index in [1.54, 1.807) is 6.92 Å². The molecule has 0 saturated heterocycles. The monoisotopic (exact) mass is 487 g/mol. The molecule has 30 heavy (non-hydrogen) atoms. The number of likely N-dealkylation sites (N-methyl/N-ethyl adjacent to an activating group) is 1. The Hall–Kier alpha value is -1.92. The molecular weight excluding hydrogens is 470 g/mol. The van der Waals surface area contributed by atoms with E-state index in [-0.39, 0.29) is 41.6 Å². The summed E-state index contributed by atoms with van der Waals surface area (Å²) >= 11 is 5.59. The van der Waals surface area contributed by atoms with Crippen molar-refractivity contribution in [2.75, 3.05) is 13.1 Å². The van der Waals surface area contributed by atoms with Crippen molar-refractivity contribution in [3.05, 3.63) is 68.7 Å². The first-order valence-corrected chi connectivity index (χ1v) is 10.1. The SMILES string of the molecule is CCN(C[C@@H](N)c1ccc(Cl)c(C(F)(F)F)c1)S(=O)(=O)c1ccc([N+](=O)[O-])cc1.Cl. The van der Waals surface area contributed by atoms with Gasteiger partial charge < -0.3 is 5.73 Å². The summed E-state index contributed by atoms with van der Waals surface area (Å²) in [7, 11) is -4.06. The van der Waals surface area contributed by atoms with Crippen molar-refractivity contribution < 1.29 is 26.5 Å². The summed E-state index contributed by atoms with van der Waals surface area (Å²) in [6.45, 7) is 1.24. The summed E-state index contributed by atoms with van der Waals surface area (Å²) in [6.07, 6.45) is -4.68. The Bertz CT molecular complexity index is 1000. The molecule has 0 aliphatic rings. The number of halogens is 5. The molecule has 0 radical (unpaired) electrons. The van der Waals surface area contributed by atoms with E-state index >= 15 is 0 Å². The van der Waals surface area contributed by atoms with E-state index in [9.17, 15) is 31.7 Å². The second kappa shape index (κ2) is 9.92. The number of nitrogens with zero attached hydrogens (tertiary/aromatic N) is 2. The van der Waals surface area contributed by atoms with Gasteiger partial charge >= 0.3 is 6.18 Å². The third kappa shape index (κ3) is 5.82. The van der Waals surface area contributed by atoms with Crippen LogP contribution in [0.25, 0.3) is 0 Å². The largest absolute Gasteiger partial charge is 0.417 e. The highest BCUT2D eigenvalue weighted by Crippen LogP contribution is 2.36. The Morgan fingerprint density at radius 3 is 2.23 bits per heavy atom. The first-order valence-electron chi connectivity index (χ1n) is 8.24. The minimum atomic E-state index is -4.68. The van der Waals surface area contributed by atoms with Crippen molar-refractivity contribution in [1.82, 2.24) is 4.31 Å². The third-order valence-electron chi connectivity index (χ3n) is 4.16. The van der Waals surface area contributed by atoms with Crippen LogP contribution in [0.2, 0.25) is 5.02 Å². The van der Waals surface area contributed by atoms with E-state index < -0.39 is 37.8 Å². The Balaban J connectivity index is 0.00000450. The van der Waals surface area contributed by atoms with E-state index in [1.165, 1.54) is 6.07 Å². The molecule has 166 valence electrons. The van der Waals surface area contributed by atoms with Crippen LogP contribution in [0.1, 0.15) is 24.1 Å². The molecule has 0 bridgehead atoms. The fourth-order valence-electron chi connectivity index (χ4n) is 2.60. The summed E-state index contributed by atoms with van der Waals surface area (Å²) in [6, 6.07) is 6.37. The van der Waals surface area contributed by atoms with Gasteiger partial charge in [0.2, 0.25) is 10.0 Å². The predicted octanol–water partition coefficient (Wildman–Crippen LogP) is 4.40. The van der Waals surface area contributed by atoms with Gasteiger partial charge in [-0.15, -0.1) is 12.4 Å². The third-order valence-corrected chi connectivity index (χ3v) is 6.45. The Labute approximate surface area is 182 Å². The second-order valence-electron chi connectivity index (χ2n) is 6.05. The molecule has 0 aliphatic carbocycles. The molecule has 1 atom stereocenters. The Morgan fingerprint density at radius 1 is 1.20 bits per heavy atom. The topological polar surface area (TPSA) is 107 Å². The lowest BCUT2D eigenvalue weighted by molar-refractivity contribution is -0.384. The van der Waals surface area contributed by atoms with Crippen LogP contribution in [0.5, 0.6) is 0 Å². The minimum Gasteiger partial charge on any atom is -0.323 e. The quantitative estimate of drug-likeness (QED) is 0.460. The molecule has 2 rings (SSSR count). The standard InChI is InChI=1S/C17H17ClF3N3O4S.ClH/c1-2-23(29(27,28)13-6-4-12(5-7-13)24(25)26)10-16(22)11-3-8-15(18)14(9-11)17(19,20)21;/h3-9,16H,2,10,22H2,1H3;1H/t16-;/m1./s1. The number of hydrogen-bond acceptors (Lipinski definition) is 5. The Morgan fingerprint density at radius 2 is 1.77 bits per heavy atom. The van der Waals surface area contributed by atoms with Crippen molar-refractivity contribution in [1.29, 1.82) is 0 Å². The molecule has 13 heteroatoms. The van der Waals surface area contributed by atoms with E-state index in [2.05, 4.69) is 0 Å². The number of alkyl halides is 3. The van der Waals surface area contributed by atoms with Crippen LogP contribution in [0.15, 0.2) is 47.4 Å². The summed E-state index contributed by atoms with van der Waals surface area (Å²) < 4.78 is 65.7. The first-order chi connectivity index (χ1) is 13.4. The van der Waals surface area contributed by atoms with Gasteiger partial charge in [-0.3, -0.25) is 10.1 Å². The van der Waals surface area contributed by atoms with Gasteiger partial charge in [-0.1, -0.05) is 24.6 Å². The predicted molar refractivity (Wildman–Crippen MR) is 108 cm³/mol. The molecule has 0 aliphatic heterocycles. The summed E-state index contributed by atoms with van der Waals surface area (Å²) in [5.41, 5.74) is 4.70. The average Bonchev–Trinajstić information content (AvgIpc) is 2.65. The van der Waals surface area contributed by atoms with Crippen LogP contribution >= 0.6 is 24.0 Å². The number of non-ortho nitro benzene ring substituents is 1. The highest BCUT2D eigenvalue weighted by molar-refractivity contribution is 7.89. The molecule has 0 aromatic heterocycles. The number of hydrogen-bond donors (Lipinski definition) is 1. The molecule has 2 N–H and O–H groups in total. The lowest BCUT2D eigenvalue weighted by Gasteiger charge is -2.24. The highest BCUT2D eigenvalue weighted by Gasteiger charge is 2.34. The maximum absolute atomic E-state index is 13.0. The zero-order valence-electron chi connectivity index (χ0n) is 15.5. The van der Waals surface area contributed by atoms with E-state index in [4.69, 9.17) is 17.3 Å². The van der Waals surface area contributed by atoms with Gasteiger partial charge in [-0.25, -0.2) is 8.42 Å². The molecule has 0 heterocycles. The van der Waals surface area contributed by atoms with Gasteiger partial charge in [0.15, 0.2) is 0 Å². The van der Waals surface area contributed by atoms with Crippen LogP contribution in [0.3, 0.4) is 0 Å². The van der Waals surface area contributed by atoms with Crippen molar-refractivity contribution >= 4 is 39.7 Å². The maximum Gasteiger partial charge on any atom is 0.417 e. The summed E-state index contributed by atoms with van der Waals surface area (Å²) in [5, 5.41) is 10.2. The van der Waals surface area contributed by atoms with Crippen LogP contribution in [-0.4, -0.2) is 30.7 Å². The normalized spacial score (nSPS) is 13.0. The molecule has 7 nitrogen and oxygen atoms in total.